The molecule has 1 N–H and O–H groups in total. The molecule has 0 radical (unpaired) electrons. The van der Waals surface area contributed by atoms with E-state index in [1.807, 2.05) is 18.2 Å². The molecular formula is C21H28N2O. The van der Waals surface area contributed by atoms with Crippen molar-refractivity contribution in [2.45, 2.75) is 26.4 Å². The first-order valence-electron chi connectivity index (χ1n) is 9.00. The SMILES string of the molecule is Cc1cc(OCc2ccccc2)ccc1CCCN1CCNCC1. The van der Waals surface area contributed by atoms with E-state index >= 15 is 0 Å². The van der Waals surface area contributed by atoms with Gasteiger partial charge in [-0.25, -0.2) is 0 Å². The second-order valence-corrected chi connectivity index (χ2v) is 6.56. The van der Waals surface area contributed by atoms with Crippen LogP contribution in [0.1, 0.15) is 23.1 Å². The van der Waals surface area contributed by atoms with Gasteiger partial charge < -0.3 is 15.0 Å². The molecule has 0 saturated carbocycles. The number of piperazine rings is 1. The highest BCUT2D eigenvalue weighted by Gasteiger charge is 2.09. The molecule has 3 nitrogen and oxygen atoms in total. The minimum atomic E-state index is 0.628. The third-order valence-electron chi connectivity index (χ3n) is 4.69. The van der Waals surface area contributed by atoms with Crippen LogP contribution >= 0.6 is 0 Å². The molecule has 1 saturated heterocycles. The molecule has 1 aliphatic heterocycles. The van der Waals surface area contributed by atoms with Crippen LogP contribution in [0.15, 0.2) is 48.5 Å². The first-order chi connectivity index (χ1) is 11.8. The molecule has 2 aromatic rings. The van der Waals surface area contributed by atoms with E-state index in [4.69, 9.17) is 4.74 Å². The zero-order valence-corrected chi connectivity index (χ0v) is 14.6. The predicted molar refractivity (Wildman–Crippen MR) is 99.6 cm³/mol. The topological polar surface area (TPSA) is 24.5 Å². The molecule has 0 atom stereocenters. The number of nitrogens with one attached hydrogen (secondary N) is 1. The van der Waals surface area contributed by atoms with Gasteiger partial charge in [-0.05, 0) is 55.1 Å². The predicted octanol–water partition coefficient (Wildman–Crippen LogP) is 3.41. The van der Waals surface area contributed by atoms with Crippen molar-refractivity contribution in [3.63, 3.8) is 0 Å². The Morgan fingerprint density at radius 1 is 1.04 bits per heavy atom. The molecule has 0 bridgehead atoms. The number of ether oxygens (including phenoxy) is 1. The fourth-order valence-electron chi connectivity index (χ4n) is 3.21. The summed E-state index contributed by atoms with van der Waals surface area (Å²) < 4.78 is 5.91. The molecule has 0 unspecified atom stereocenters. The standard InChI is InChI=1S/C21H28N2O/c1-18-16-21(24-17-19-6-3-2-4-7-19)10-9-20(18)8-5-13-23-14-11-22-12-15-23/h2-4,6-7,9-10,16,22H,5,8,11-15,17H2,1H3. The number of hydrogen-bond acceptors (Lipinski definition) is 3. The third kappa shape index (κ3) is 5.08. The lowest BCUT2D eigenvalue weighted by molar-refractivity contribution is 0.238. The smallest absolute Gasteiger partial charge is 0.120 e. The largest absolute Gasteiger partial charge is 0.489 e. The number of benzene rings is 2. The maximum atomic E-state index is 5.91. The van der Waals surface area contributed by atoms with Gasteiger partial charge in [0.2, 0.25) is 0 Å². The number of rotatable bonds is 7. The summed E-state index contributed by atoms with van der Waals surface area (Å²) >= 11 is 0. The second-order valence-electron chi connectivity index (χ2n) is 6.56. The Morgan fingerprint density at radius 3 is 2.58 bits per heavy atom. The van der Waals surface area contributed by atoms with Crippen LogP contribution < -0.4 is 10.1 Å². The molecule has 0 aromatic heterocycles. The van der Waals surface area contributed by atoms with Crippen LogP contribution in [0, 0.1) is 6.92 Å². The van der Waals surface area contributed by atoms with E-state index in [-0.39, 0.29) is 0 Å². The average molecular weight is 324 g/mol. The zero-order valence-electron chi connectivity index (χ0n) is 14.6. The molecular weight excluding hydrogens is 296 g/mol. The summed E-state index contributed by atoms with van der Waals surface area (Å²) in [4.78, 5) is 2.56. The van der Waals surface area contributed by atoms with E-state index in [1.165, 1.54) is 42.7 Å². The van der Waals surface area contributed by atoms with Gasteiger partial charge in [-0.1, -0.05) is 36.4 Å². The summed E-state index contributed by atoms with van der Waals surface area (Å²) in [5.41, 5.74) is 3.98. The van der Waals surface area contributed by atoms with Crippen LogP contribution in [-0.4, -0.2) is 37.6 Å². The summed E-state index contributed by atoms with van der Waals surface area (Å²) in [6, 6.07) is 16.8. The van der Waals surface area contributed by atoms with Gasteiger partial charge in [-0.15, -0.1) is 0 Å². The molecule has 3 heteroatoms. The van der Waals surface area contributed by atoms with Gasteiger partial charge in [0.05, 0.1) is 0 Å². The van der Waals surface area contributed by atoms with E-state index in [0.29, 0.717) is 6.61 Å². The van der Waals surface area contributed by atoms with Gasteiger partial charge in [0.15, 0.2) is 0 Å². The summed E-state index contributed by atoms with van der Waals surface area (Å²) in [7, 11) is 0. The lowest BCUT2D eigenvalue weighted by Crippen LogP contribution is -2.43. The molecule has 128 valence electrons. The first kappa shape index (κ1) is 17.0. The lowest BCUT2D eigenvalue weighted by Gasteiger charge is -2.27. The fourth-order valence-corrected chi connectivity index (χ4v) is 3.21. The van der Waals surface area contributed by atoms with E-state index < -0.39 is 0 Å². The number of nitrogens with zero attached hydrogens (tertiary/aromatic N) is 1. The van der Waals surface area contributed by atoms with Crippen LogP contribution in [0.2, 0.25) is 0 Å². The monoisotopic (exact) mass is 324 g/mol. The molecule has 2 aromatic carbocycles. The molecule has 0 spiro atoms. The average Bonchev–Trinajstić information content (AvgIpc) is 2.63. The van der Waals surface area contributed by atoms with Crippen LogP contribution in [-0.2, 0) is 13.0 Å². The van der Waals surface area contributed by atoms with Gasteiger partial charge in [-0.2, -0.15) is 0 Å². The van der Waals surface area contributed by atoms with Crippen molar-refractivity contribution >= 4 is 0 Å². The molecule has 1 heterocycles. The Bertz CT molecular complexity index is 621. The minimum Gasteiger partial charge on any atom is -0.489 e. The molecule has 0 amide bonds. The van der Waals surface area contributed by atoms with Crippen molar-refractivity contribution < 1.29 is 4.74 Å². The minimum absolute atomic E-state index is 0.628. The van der Waals surface area contributed by atoms with Gasteiger partial charge in [-0.3, -0.25) is 0 Å². The second kappa shape index (κ2) is 8.86. The number of aryl methyl sites for hydroxylation is 2. The summed E-state index contributed by atoms with van der Waals surface area (Å²) in [6.07, 6.45) is 2.37. The van der Waals surface area contributed by atoms with Crippen molar-refractivity contribution in [1.29, 1.82) is 0 Å². The Morgan fingerprint density at radius 2 is 1.83 bits per heavy atom. The Hall–Kier alpha value is -1.84. The van der Waals surface area contributed by atoms with Gasteiger partial charge >= 0.3 is 0 Å². The summed E-state index contributed by atoms with van der Waals surface area (Å²) in [5.74, 6) is 0.960. The Kier molecular flexibility index (Phi) is 6.27. The lowest BCUT2D eigenvalue weighted by atomic mass is 10.0. The van der Waals surface area contributed by atoms with Gasteiger partial charge in [0.25, 0.3) is 0 Å². The van der Waals surface area contributed by atoms with E-state index in [9.17, 15) is 0 Å². The normalized spacial score (nSPS) is 15.4. The van der Waals surface area contributed by atoms with Crippen LogP contribution in [0.4, 0.5) is 0 Å². The Balaban J connectivity index is 1.47. The maximum absolute atomic E-state index is 5.91. The molecule has 3 rings (SSSR count). The van der Waals surface area contributed by atoms with Gasteiger partial charge in [0, 0.05) is 26.2 Å². The van der Waals surface area contributed by atoms with Crippen molar-refractivity contribution in [1.82, 2.24) is 10.2 Å². The molecule has 0 aliphatic carbocycles. The van der Waals surface area contributed by atoms with E-state index in [2.05, 4.69) is 47.5 Å². The molecule has 1 aliphatic rings. The molecule has 1 fully saturated rings. The quantitative estimate of drug-likeness (QED) is 0.845. The fraction of sp³-hybridized carbons (Fsp3) is 0.429. The van der Waals surface area contributed by atoms with Crippen LogP contribution in [0.25, 0.3) is 0 Å². The first-order valence-corrected chi connectivity index (χ1v) is 9.00. The highest BCUT2D eigenvalue weighted by Crippen LogP contribution is 2.20. The van der Waals surface area contributed by atoms with Crippen LogP contribution in [0.3, 0.4) is 0 Å². The van der Waals surface area contributed by atoms with Crippen molar-refractivity contribution in [2.24, 2.45) is 0 Å². The highest BCUT2D eigenvalue weighted by molar-refractivity contribution is 5.35. The molecule has 24 heavy (non-hydrogen) atoms. The Labute approximate surface area is 145 Å². The number of hydrogen-bond donors (Lipinski definition) is 1. The van der Waals surface area contributed by atoms with Crippen molar-refractivity contribution in [3.8, 4) is 5.75 Å². The maximum Gasteiger partial charge on any atom is 0.120 e. The summed E-state index contributed by atoms with van der Waals surface area (Å²) in [6.45, 7) is 8.65. The van der Waals surface area contributed by atoms with E-state index in [1.54, 1.807) is 0 Å². The highest BCUT2D eigenvalue weighted by atomic mass is 16.5. The van der Waals surface area contributed by atoms with Gasteiger partial charge in [0.1, 0.15) is 12.4 Å². The zero-order chi connectivity index (χ0) is 16.6. The summed E-state index contributed by atoms with van der Waals surface area (Å²) in [5, 5.41) is 3.41. The van der Waals surface area contributed by atoms with Crippen LogP contribution in [0.5, 0.6) is 5.75 Å². The van der Waals surface area contributed by atoms with Crippen molar-refractivity contribution in [2.75, 3.05) is 32.7 Å². The van der Waals surface area contributed by atoms with Crippen molar-refractivity contribution in [3.05, 3.63) is 65.2 Å². The van der Waals surface area contributed by atoms with E-state index in [0.717, 1.165) is 25.3 Å². The third-order valence-corrected chi connectivity index (χ3v) is 4.69.